The monoisotopic (exact) mass is 545 g/mol. The number of alkyl halides is 3. The fourth-order valence-electron chi connectivity index (χ4n) is 5.09. The molecular weight excluding hydrogens is 511 g/mol. The fourth-order valence-corrected chi connectivity index (χ4v) is 5.09. The number of amides is 3. The van der Waals surface area contributed by atoms with Crippen molar-refractivity contribution in [3.8, 4) is 0 Å². The lowest BCUT2D eigenvalue weighted by Crippen LogP contribution is -2.50. The third-order valence-electron chi connectivity index (χ3n) is 7.00. The number of carbonyl (C=O) groups excluding carboxylic acids is 3. The lowest BCUT2D eigenvalue weighted by Gasteiger charge is -2.35. The average molecular weight is 546 g/mol. The Kier molecular flexibility index (Phi) is 7.95. The van der Waals surface area contributed by atoms with Crippen molar-refractivity contribution in [2.45, 2.75) is 77.7 Å². The van der Waals surface area contributed by atoms with Gasteiger partial charge in [-0.05, 0) is 81.3 Å². The molecule has 0 bridgehead atoms. The molecule has 0 aliphatic carbocycles. The van der Waals surface area contributed by atoms with Crippen LogP contribution in [0.15, 0.2) is 36.4 Å². The number of likely N-dealkylation sites (tertiary alicyclic amines) is 1. The van der Waals surface area contributed by atoms with Crippen LogP contribution in [0.4, 0.5) is 23.7 Å². The number of nitrogens with zero attached hydrogens (tertiary/aromatic N) is 2. The number of carbonyl (C=O) groups is 3. The van der Waals surface area contributed by atoms with Crippen molar-refractivity contribution >= 4 is 23.6 Å². The number of aryl methyl sites for hydroxylation is 1. The Morgan fingerprint density at radius 3 is 2.36 bits per heavy atom. The van der Waals surface area contributed by atoms with Gasteiger partial charge in [0, 0.05) is 25.3 Å². The Balaban J connectivity index is 1.43. The summed E-state index contributed by atoms with van der Waals surface area (Å²) in [6, 6.07) is 7.82. The first-order valence-electron chi connectivity index (χ1n) is 13.1. The molecule has 1 N–H and O–H groups in total. The molecule has 2 aliphatic rings. The summed E-state index contributed by atoms with van der Waals surface area (Å²) in [5.74, 6) is -0.443. The first-order chi connectivity index (χ1) is 18.2. The highest BCUT2D eigenvalue weighted by atomic mass is 19.4. The van der Waals surface area contributed by atoms with Crippen LogP contribution in [0.25, 0.3) is 0 Å². The summed E-state index contributed by atoms with van der Waals surface area (Å²) in [7, 11) is 0. The van der Waals surface area contributed by atoms with E-state index in [9.17, 15) is 27.6 Å². The second kappa shape index (κ2) is 10.9. The van der Waals surface area contributed by atoms with E-state index in [-0.39, 0.29) is 18.2 Å². The van der Waals surface area contributed by atoms with E-state index in [0.717, 1.165) is 35.2 Å². The van der Waals surface area contributed by atoms with Gasteiger partial charge in [-0.15, -0.1) is 0 Å². The van der Waals surface area contributed by atoms with Crippen LogP contribution in [-0.2, 0) is 39.9 Å². The van der Waals surface area contributed by atoms with Crippen LogP contribution < -0.4 is 5.32 Å². The second-order valence-electron chi connectivity index (χ2n) is 11.2. The van der Waals surface area contributed by atoms with Gasteiger partial charge < -0.3 is 15.0 Å². The molecule has 0 spiro atoms. The molecule has 2 aliphatic heterocycles. The van der Waals surface area contributed by atoms with E-state index < -0.39 is 29.5 Å². The minimum atomic E-state index is -4.43. The van der Waals surface area contributed by atoms with Crippen molar-refractivity contribution in [3.05, 3.63) is 64.2 Å². The van der Waals surface area contributed by atoms with E-state index in [0.29, 0.717) is 43.7 Å². The average Bonchev–Trinajstić information content (AvgIpc) is 3.34. The van der Waals surface area contributed by atoms with Crippen LogP contribution >= 0.6 is 0 Å². The first kappa shape index (κ1) is 28.4. The molecule has 4 rings (SSSR count). The molecule has 1 atom stereocenters. The zero-order valence-corrected chi connectivity index (χ0v) is 22.7. The van der Waals surface area contributed by atoms with Gasteiger partial charge >= 0.3 is 12.3 Å². The maximum absolute atomic E-state index is 13.4. The lowest BCUT2D eigenvalue weighted by molar-refractivity contribution is -0.138. The Morgan fingerprint density at radius 1 is 1.03 bits per heavy atom. The summed E-state index contributed by atoms with van der Waals surface area (Å²) >= 11 is 0. The molecule has 0 aromatic heterocycles. The van der Waals surface area contributed by atoms with E-state index in [2.05, 4.69) is 5.32 Å². The SMILES string of the molecule is Cc1ccc2c(c1NC(=O)Cc1ccc(C(F)(F)F)cc1)CCN(C(=O)[C@H]1CCCN1C(=O)OC(C)(C)C)C2. The smallest absolute Gasteiger partial charge is 0.416 e. The topological polar surface area (TPSA) is 79.0 Å². The number of hydrogen-bond acceptors (Lipinski definition) is 4. The molecule has 0 saturated carbocycles. The predicted molar refractivity (Wildman–Crippen MR) is 140 cm³/mol. The molecule has 1 saturated heterocycles. The summed E-state index contributed by atoms with van der Waals surface area (Å²) in [5.41, 5.74) is 2.45. The second-order valence-corrected chi connectivity index (χ2v) is 11.2. The van der Waals surface area contributed by atoms with Gasteiger partial charge in [0.05, 0.1) is 12.0 Å². The van der Waals surface area contributed by atoms with E-state index in [4.69, 9.17) is 4.74 Å². The van der Waals surface area contributed by atoms with E-state index in [1.165, 1.54) is 17.0 Å². The van der Waals surface area contributed by atoms with Crippen LogP contribution in [0.2, 0.25) is 0 Å². The third kappa shape index (κ3) is 6.72. The van der Waals surface area contributed by atoms with Gasteiger partial charge in [-0.25, -0.2) is 4.79 Å². The third-order valence-corrected chi connectivity index (χ3v) is 7.00. The van der Waals surface area contributed by atoms with Gasteiger partial charge in [-0.1, -0.05) is 24.3 Å². The molecule has 0 unspecified atom stereocenters. The molecule has 39 heavy (non-hydrogen) atoms. The van der Waals surface area contributed by atoms with Crippen molar-refractivity contribution in [1.29, 1.82) is 0 Å². The largest absolute Gasteiger partial charge is 0.444 e. The van der Waals surface area contributed by atoms with E-state index >= 15 is 0 Å². The minimum absolute atomic E-state index is 0.0615. The number of ether oxygens (including phenoxy) is 1. The quantitative estimate of drug-likeness (QED) is 0.552. The molecule has 2 heterocycles. The minimum Gasteiger partial charge on any atom is -0.444 e. The zero-order chi connectivity index (χ0) is 28.5. The van der Waals surface area contributed by atoms with E-state index in [1.807, 2.05) is 19.1 Å². The van der Waals surface area contributed by atoms with Gasteiger partial charge in [-0.2, -0.15) is 13.2 Å². The van der Waals surface area contributed by atoms with Crippen molar-refractivity contribution in [1.82, 2.24) is 9.80 Å². The van der Waals surface area contributed by atoms with Crippen LogP contribution in [0.1, 0.15) is 61.4 Å². The van der Waals surface area contributed by atoms with E-state index in [1.54, 1.807) is 25.7 Å². The Labute approximate surface area is 226 Å². The number of halogens is 3. The lowest BCUT2D eigenvalue weighted by atomic mass is 9.94. The summed E-state index contributed by atoms with van der Waals surface area (Å²) < 4.78 is 44.0. The molecule has 2 aromatic rings. The molecule has 1 fully saturated rings. The standard InChI is InChI=1S/C29H34F3N3O4/c1-18-7-10-20-17-34(26(37)23-6-5-14-35(23)27(38)39-28(2,3)4)15-13-22(20)25(18)33-24(36)16-19-8-11-21(12-9-19)29(30,31)32/h7-12,23H,5-6,13-17H2,1-4H3,(H,33,36)/t23-/m1/s1. The number of rotatable bonds is 4. The number of hydrogen-bond donors (Lipinski definition) is 1. The molecule has 7 nitrogen and oxygen atoms in total. The Morgan fingerprint density at radius 2 is 1.72 bits per heavy atom. The molecular formula is C29H34F3N3O4. The number of benzene rings is 2. The highest BCUT2D eigenvalue weighted by Crippen LogP contribution is 2.32. The van der Waals surface area contributed by atoms with Gasteiger partial charge in [0.25, 0.3) is 0 Å². The number of anilines is 1. The van der Waals surface area contributed by atoms with Crippen molar-refractivity contribution < 1.29 is 32.3 Å². The van der Waals surface area contributed by atoms with Gasteiger partial charge in [0.1, 0.15) is 11.6 Å². The molecule has 3 amide bonds. The molecule has 10 heteroatoms. The molecule has 0 radical (unpaired) electrons. The predicted octanol–water partition coefficient (Wildman–Crippen LogP) is 5.48. The highest BCUT2D eigenvalue weighted by molar-refractivity contribution is 5.94. The summed E-state index contributed by atoms with van der Waals surface area (Å²) in [6.07, 6.45) is -3.13. The Hall–Kier alpha value is -3.56. The van der Waals surface area contributed by atoms with Crippen LogP contribution in [0.5, 0.6) is 0 Å². The first-order valence-corrected chi connectivity index (χ1v) is 13.1. The number of nitrogens with one attached hydrogen (secondary N) is 1. The maximum Gasteiger partial charge on any atom is 0.416 e. The summed E-state index contributed by atoms with van der Waals surface area (Å²) in [5, 5.41) is 2.94. The van der Waals surface area contributed by atoms with Crippen molar-refractivity contribution in [3.63, 3.8) is 0 Å². The van der Waals surface area contributed by atoms with Crippen LogP contribution in [0.3, 0.4) is 0 Å². The van der Waals surface area contributed by atoms with Crippen LogP contribution in [0, 0.1) is 6.92 Å². The molecule has 2 aromatic carbocycles. The van der Waals surface area contributed by atoms with Crippen LogP contribution in [-0.4, -0.2) is 52.4 Å². The maximum atomic E-state index is 13.4. The summed E-state index contributed by atoms with van der Waals surface area (Å²) in [4.78, 5) is 42.2. The van der Waals surface area contributed by atoms with Gasteiger partial charge in [0.15, 0.2) is 0 Å². The normalized spacial score (nSPS) is 17.6. The fraction of sp³-hybridized carbons (Fsp3) is 0.483. The molecule has 210 valence electrons. The van der Waals surface area contributed by atoms with Crippen molar-refractivity contribution in [2.75, 3.05) is 18.4 Å². The van der Waals surface area contributed by atoms with Gasteiger partial charge in [0.2, 0.25) is 11.8 Å². The van der Waals surface area contributed by atoms with Crippen molar-refractivity contribution in [2.24, 2.45) is 0 Å². The zero-order valence-electron chi connectivity index (χ0n) is 22.7. The number of fused-ring (bicyclic) bond motifs is 1. The summed E-state index contributed by atoms with van der Waals surface area (Å²) in [6.45, 7) is 8.53. The highest BCUT2D eigenvalue weighted by Gasteiger charge is 2.39. The van der Waals surface area contributed by atoms with Gasteiger partial charge in [-0.3, -0.25) is 14.5 Å². The Bertz CT molecular complexity index is 1250.